The average molecular weight is 539 g/mol. The Balaban J connectivity index is 2.07. The molecule has 0 aliphatic carbocycles. The third-order valence-corrected chi connectivity index (χ3v) is 6.02. The van der Waals surface area contributed by atoms with Gasteiger partial charge < -0.3 is 38.9 Å². The zero-order valence-electron chi connectivity index (χ0n) is 22.4. The van der Waals surface area contributed by atoms with E-state index in [0.717, 1.165) is 17.5 Å². The van der Waals surface area contributed by atoms with E-state index in [1.54, 1.807) is 18.2 Å². The number of guanidine groups is 1. The molecule has 39 heavy (non-hydrogen) atoms. The summed E-state index contributed by atoms with van der Waals surface area (Å²) in [4.78, 5) is 43.2. The molecule has 0 bridgehead atoms. The van der Waals surface area contributed by atoms with E-state index >= 15 is 0 Å². The zero-order valence-corrected chi connectivity index (χ0v) is 22.4. The van der Waals surface area contributed by atoms with Gasteiger partial charge in [0.25, 0.3) is 0 Å². The van der Waals surface area contributed by atoms with Crippen LogP contribution in [0, 0.1) is 0 Å². The molecule has 11 heteroatoms. The van der Waals surface area contributed by atoms with E-state index in [9.17, 15) is 14.4 Å². The lowest BCUT2D eigenvalue weighted by molar-refractivity contribution is -0.132. The molecule has 2 rings (SSSR count). The predicted octanol–water partition coefficient (Wildman–Crippen LogP) is 0.678. The summed E-state index contributed by atoms with van der Waals surface area (Å²) in [5.41, 5.74) is 24.4. The Morgan fingerprint density at radius 1 is 0.744 bits per heavy atom. The Morgan fingerprint density at radius 3 is 1.97 bits per heavy atom. The molecule has 0 radical (unpaired) electrons. The van der Waals surface area contributed by atoms with Crippen LogP contribution in [-0.4, -0.2) is 48.9 Å². The highest BCUT2D eigenvalue weighted by Crippen LogP contribution is 2.14. The molecule has 11 N–H and O–H groups in total. The van der Waals surface area contributed by atoms with Crippen LogP contribution in [0.2, 0.25) is 0 Å². The maximum atomic E-state index is 13.3. The van der Waals surface area contributed by atoms with Gasteiger partial charge in [-0.2, -0.15) is 0 Å². The van der Waals surface area contributed by atoms with Gasteiger partial charge in [-0.05, 0) is 74.9 Å². The third-order valence-electron chi connectivity index (χ3n) is 6.02. The van der Waals surface area contributed by atoms with Crippen LogP contribution in [0.4, 0.5) is 5.69 Å². The number of carbonyl (C=O) groups is 3. The van der Waals surface area contributed by atoms with Crippen molar-refractivity contribution in [2.24, 2.45) is 27.9 Å². The summed E-state index contributed by atoms with van der Waals surface area (Å²) in [6.07, 6.45) is 3.74. The number of amides is 3. The summed E-state index contributed by atoms with van der Waals surface area (Å²) in [6, 6.07) is 14.9. The fraction of sp³-hybridized carbons (Fsp3) is 0.429. The standard InChI is InChI=1S/C28H42N8O3/c29-15-6-4-13-23(26(38)33-19-21-11-8-12-22(17-21)34-28(31)32)36-27(39)24(14-5-7-16-30)35-25(37)18-20-9-2-1-3-10-20/h1-3,8-12,17,23-24H,4-7,13-16,18-19,29-30H2,(H,33,38)(H,35,37)(H,36,39)(H4,31,32,34)/t23-,24-/m0/s1. The molecule has 0 aliphatic heterocycles. The second-order valence-electron chi connectivity index (χ2n) is 9.34. The summed E-state index contributed by atoms with van der Waals surface area (Å²) in [5.74, 6) is -1.06. The van der Waals surface area contributed by atoms with Crippen LogP contribution in [0.5, 0.6) is 0 Å². The molecule has 212 valence electrons. The van der Waals surface area contributed by atoms with Gasteiger partial charge in [0, 0.05) is 6.54 Å². The molecule has 2 atom stereocenters. The Morgan fingerprint density at radius 2 is 1.36 bits per heavy atom. The smallest absolute Gasteiger partial charge is 0.243 e. The van der Waals surface area contributed by atoms with Crippen molar-refractivity contribution in [2.45, 2.75) is 63.6 Å². The molecule has 0 saturated heterocycles. The van der Waals surface area contributed by atoms with Crippen LogP contribution in [0.1, 0.15) is 49.7 Å². The van der Waals surface area contributed by atoms with Crippen LogP contribution in [0.25, 0.3) is 0 Å². The van der Waals surface area contributed by atoms with Gasteiger partial charge in [0.15, 0.2) is 5.96 Å². The molecule has 2 aromatic carbocycles. The first-order valence-electron chi connectivity index (χ1n) is 13.3. The van der Waals surface area contributed by atoms with Gasteiger partial charge in [0.2, 0.25) is 17.7 Å². The minimum Gasteiger partial charge on any atom is -0.370 e. The third kappa shape index (κ3) is 12.4. The van der Waals surface area contributed by atoms with Crippen molar-refractivity contribution in [3.63, 3.8) is 0 Å². The van der Waals surface area contributed by atoms with Gasteiger partial charge in [-0.1, -0.05) is 42.5 Å². The van der Waals surface area contributed by atoms with E-state index in [-0.39, 0.29) is 30.7 Å². The van der Waals surface area contributed by atoms with Crippen molar-refractivity contribution in [3.8, 4) is 0 Å². The van der Waals surface area contributed by atoms with Crippen molar-refractivity contribution in [1.82, 2.24) is 16.0 Å². The number of hydrogen-bond acceptors (Lipinski definition) is 6. The summed E-state index contributed by atoms with van der Waals surface area (Å²) in [5, 5.41) is 8.57. The normalized spacial score (nSPS) is 12.2. The number of benzene rings is 2. The van der Waals surface area contributed by atoms with Crippen LogP contribution < -0.4 is 38.9 Å². The Hall–Kier alpha value is -3.96. The van der Waals surface area contributed by atoms with Crippen molar-refractivity contribution < 1.29 is 14.4 Å². The predicted molar refractivity (Wildman–Crippen MR) is 154 cm³/mol. The quantitative estimate of drug-likeness (QED) is 0.0870. The maximum absolute atomic E-state index is 13.3. The number of carbonyl (C=O) groups excluding carboxylic acids is 3. The Bertz CT molecular complexity index is 1070. The number of nitrogens with one attached hydrogen (secondary N) is 3. The highest BCUT2D eigenvalue weighted by atomic mass is 16.2. The molecular formula is C28H42N8O3. The fourth-order valence-corrected chi connectivity index (χ4v) is 4.02. The summed E-state index contributed by atoms with van der Waals surface area (Å²) >= 11 is 0. The molecule has 2 aromatic rings. The largest absolute Gasteiger partial charge is 0.370 e. The molecular weight excluding hydrogens is 496 g/mol. The van der Waals surface area contributed by atoms with Crippen molar-refractivity contribution in [3.05, 3.63) is 65.7 Å². The topological polar surface area (TPSA) is 204 Å². The van der Waals surface area contributed by atoms with Gasteiger partial charge in [-0.25, -0.2) is 4.99 Å². The first-order chi connectivity index (χ1) is 18.8. The van der Waals surface area contributed by atoms with Crippen molar-refractivity contribution >= 4 is 29.4 Å². The Labute approximate surface area is 230 Å². The van der Waals surface area contributed by atoms with Crippen LogP contribution in [-0.2, 0) is 27.3 Å². The molecule has 0 aromatic heterocycles. The second kappa shape index (κ2) is 17.5. The average Bonchev–Trinajstić information content (AvgIpc) is 2.91. The maximum Gasteiger partial charge on any atom is 0.243 e. The molecule has 0 heterocycles. The minimum atomic E-state index is -0.784. The molecule has 0 unspecified atom stereocenters. The lowest BCUT2D eigenvalue weighted by Gasteiger charge is -2.23. The van der Waals surface area contributed by atoms with E-state index in [1.165, 1.54) is 0 Å². The van der Waals surface area contributed by atoms with Crippen LogP contribution in [0.3, 0.4) is 0 Å². The number of unbranched alkanes of at least 4 members (excludes halogenated alkanes) is 2. The van der Waals surface area contributed by atoms with E-state index in [2.05, 4.69) is 20.9 Å². The zero-order chi connectivity index (χ0) is 28.5. The van der Waals surface area contributed by atoms with Crippen LogP contribution in [0.15, 0.2) is 59.6 Å². The van der Waals surface area contributed by atoms with E-state index in [4.69, 9.17) is 22.9 Å². The summed E-state index contributed by atoms with van der Waals surface area (Å²) in [6.45, 7) is 1.20. The second-order valence-corrected chi connectivity index (χ2v) is 9.34. The minimum absolute atomic E-state index is 0.0595. The Kier molecular flexibility index (Phi) is 14.1. The molecule has 0 fully saturated rings. The molecule has 0 spiro atoms. The number of aliphatic imine (C=N–C) groups is 1. The highest BCUT2D eigenvalue weighted by Gasteiger charge is 2.26. The molecule has 3 amide bonds. The summed E-state index contributed by atoms with van der Waals surface area (Å²) in [7, 11) is 0. The van der Waals surface area contributed by atoms with Gasteiger partial charge in [0.1, 0.15) is 12.1 Å². The monoisotopic (exact) mass is 538 g/mol. The van der Waals surface area contributed by atoms with Gasteiger partial charge in [-0.3, -0.25) is 14.4 Å². The molecule has 11 nitrogen and oxygen atoms in total. The van der Waals surface area contributed by atoms with Gasteiger partial charge >= 0.3 is 0 Å². The van der Waals surface area contributed by atoms with Gasteiger partial charge in [-0.15, -0.1) is 0 Å². The molecule has 0 saturated carbocycles. The summed E-state index contributed by atoms with van der Waals surface area (Å²) < 4.78 is 0. The van der Waals surface area contributed by atoms with E-state index < -0.39 is 18.0 Å². The van der Waals surface area contributed by atoms with E-state index in [0.29, 0.717) is 50.9 Å². The van der Waals surface area contributed by atoms with E-state index in [1.807, 2.05) is 36.4 Å². The first-order valence-corrected chi connectivity index (χ1v) is 13.3. The van der Waals surface area contributed by atoms with Crippen molar-refractivity contribution in [1.29, 1.82) is 0 Å². The lowest BCUT2D eigenvalue weighted by Crippen LogP contribution is -2.53. The molecule has 0 aliphatic rings. The number of rotatable bonds is 17. The van der Waals surface area contributed by atoms with Crippen molar-refractivity contribution in [2.75, 3.05) is 13.1 Å². The van der Waals surface area contributed by atoms with Gasteiger partial charge in [0.05, 0.1) is 12.1 Å². The first kappa shape index (κ1) is 31.3. The number of hydrogen-bond donors (Lipinski definition) is 7. The SMILES string of the molecule is NCCCC[C@H](NC(=O)Cc1ccccc1)C(=O)N[C@@H](CCCCN)C(=O)NCc1cccc(N=C(N)N)c1. The highest BCUT2D eigenvalue weighted by molar-refractivity contribution is 5.92. The van der Waals surface area contributed by atoms with Crippen LogP contribution >= 0.6 is 0 Å². The number of nitrogens with two attached hydrogens (primary N) is 4. The lowest BCUT2D eigenvalue weighted by atomic mass is 10.0. The number of nitrogens with zero attached hydrogens (tertiary/aromatic N) is 1. The fourth-order valence-electron chi connectivity index (χ4n) is 4.02.